The molecule has 2 rings (SSSR count). The molecule has 48 heavy (non-hydrogen) atoms. The monoisotopic (exact) mass is 671 g/mol. The van der Waals surface area contributed by atoms with Crippen molar-refractivity contribution in [3.05, 3.63) is 42.0 Å². The molecule has 1 aliphatic rings. The van der Waals surface area contributed by atoms with E-state index in [1.54, 1.807) is 24.3 Å². The molecule has 262 valence electrons. The number of carbonyl (C=O) groups is 8. The van der Waals surface area contributed by atoms with Gasteiger partial charge in [0.2, 0.25) is 23.6 Å². The first-order valence-corrected chi connectivity index (χ1v) is 15.5. The molecular weight excluding hydrogens is 626 g/mol. The number of hydrogen-bond donors (Lipinski definition) is 6. The number of carbonyl (C=O) groups excluding carboxylic acids is 8. The van der Waals surface area contributed by atoms with E-state index in [1.807, 2.05) is 13.8 Å². The summed E-state index contributed by atoms with van der Waals surface area (Å²) in [5.74, 6) is -3.97. The van der Waals surface area contributed by atoms with Crippen LogP contribution in [0.1, 0.15) is 65.9 Å². The zero-order valence-corrected chi connectivity index (χ0v) is 27.8. The number of urea groups is 1. The van der Waals surface area contributed by atoms with E-state index < -0.39 is 65.1 Å². The molecule has 0 saturated heterocycles. The van der Waals surface area contributed by atoms with E-state index >= 15 is 0 Å². The van der Waals surface area contributed by atoms with Crippen molar-refractivity contribution in [3.8, 4) is 0 Å². The fourth-order valence-electron chi connectivity index (χ4n) is 4.51. The highest BCUT2D eigenvalue weighted by atomic mass is 16.5. The van der Waals surface area contributed by atoms with Crippen LogP contribution in [0.3, 0.4) is 0 Å². The Labute approximate surface area is 278 Å². The molecule has 2 atom stereocenters. The summed E-state index contributed by atoms with van der Waals surface area (Å²) in [7, 11) is 0. The number of anilines is 1. The fourth-order valence-corrected chi connectivity index (χ4v) is 4.51. The highest BCUT2D eigenvalue weighted by Gasteiger charge is 2.35. The highest BCUT2D eigenvalue weighted by molar-refractivity contribution is 6.13. The summed E-state index contributed by atoms with van der Waals surface area (Å²) in [6.45, 7) is 7.93. The van der Waals surface area contributed by atoms with Gasteiger partial charge in [0.1, 0.15) is 24.2 Å². The number of primary amides is 1. The lowest BCUT2D eigenvalue weighted by molar-refractivity contribution is -0.142. The maximum absolute atomic E-state index is 13.5. The van der Waals surface area contributed by atoms with Gasteiger partial charge >= 0.3 is 12.0 Å². The van der Waals surface area contributed by atoms with Gasteiger partial charge in [-0.1, -0.05) is 26.0 Å². The van der Waals surface area contributed by atoms with Gasteiger partial charge in [-0.2, -0.15) is 0 Å². The van der Waals surface area contributed by atoms with Crippen LogP contribution in [0.4, 0.5) is 10.5 Å². The maximum atomic E-state index is 13.5. The summed E-state index contributed by atoms with van der Waals surface area (Å²) in [4.78, 5) is 99.4. The Hall–Kier alpha value is -5.28. The Bertz CT molecular complexity index is 1390. The van der Waals surface area contributed by atoms with Crippen LogP contribution in [0.15, 0.2) is 36.4 Å². The Balaban J connectivity index is 2.08. The van der Waals surface area contributed by atoms with Crippen molar-refractivity contribution in [2.75, 3.05) is 18.4 Å². The Morgan fingerprint density at radius 2 is 1.54 bits per heavy atom. The van der Waals surface area contributed by atoms with Crippen LogP contribution in [0.2, 0.25) is 0 Å². The molecule has 7 N–H and O–H groups in total. The number of imide groups is 1. The van der Waals surface area contributed by atoms with E-state index in [-0.39, 0.29) is 51.3 Å². The molecule has 0 unspecified atom stereocenters. The molecule has 0 saturated carbocycles. The molecule has 0 spiro atoms. The number of benzene rings is 1. The summed E-state index contributed by atoms with van der Waals surface area (Å²) in [6.07, 6.45) is 2.62. The molecule has 0 aliphatic carbocycles. The molecular formula is C32H45N7O9. The predicted octanol–water partition coefficient (Wildman–Crippen LogP) is 0.362. The first-order valence-electron chi connectivity index (χ1n) is 15.5. The van der Waals surface area contributed by atoms with E-state index in [9.17, 15) is 38.4 Å². The zero-order chi connectivity index (χ0) is 36.0. The van der Waals surface area contributed by atoms with Gasteiger partial charge < -0.3 is 37.1 Å². The standard InChI is InChI=1S/C32H45N7O9/c1-19(2)17-24(36-25(41)14-16-39-26(42)12-13-27(39)43)29(45)38-32(4,5)30(46)37-23(7-6-15-34-31(33)47)28(44)35-22-10-8-21(9-11-22)18-48-20(3)40/h8-13,19,23-24H,6-7,14-18H2,1-5H3,(H,35,44)(H,36,41)(H,37,46)(H,38,45)(H3,33,34,47)/t23-,24+/m0/s1. The van der Waals surface area contributed by atoms with Crippen LogP contribution in [0.5, 0.6) is 0 Å². The SMILES string of the molecule is CC(=O)OCc1ccc(NC(=O)[C@H](CCCNC(N)=O)NC(=O)C(C)(C)NC(=O)[C@@H](CC(C)C)NC(=O)CCN2C(=O)C=CC2=O)cc1. The summed E-state index contributed by atoms with van der Waals surface area (Å²) in [5.41, 5.74) is 4.69. The molecule has 8 amide bonds. The summed E-state index contributed by atoms with van der Waals surface area (Å²) >= 11 is 0. The van der Waals surface area contributed by atoms with E-state index in [0.717, 1.165) is 17.1 Å². The zero-order valence-electron chi connectivity index (χ0n) is 27.8. The molecule has 0 aromatic heterocycles. The van der Waals surface area contributed by atoms with Crippen molar-refractivity contribution in [2.45, 2.75) is 84.5 Å². The van der Waals surface area contributed by atoms with Crippen molar-refractivity contribution >= 4 is 53.1 Å². The van der Waals surface area contributed by atoms with E-state index in [1.165, 1.54) is 20.8 Å². The third-order valence-corrected chi connectivity index (χ3v) is 7.08. The third kappa shape index (κ3) is 13.2. The second-order valence-corrected chi connectivity index (χ2v) is 12.2. The van der Waals surface area contributed by atoms with Gasteiger partial charge in [-0.15, -0.1) is 0 Å². The minimum Gasteiger partial charge on any atom is -0.461 e. The first kappa shape index (κ1) is 38.9. The number of nitrogens with one attached hydrogen (secondary N) is 5. The Kier molecular flexibility index (Phi) is 14.7. The number of ether oxygens (including phenoxy) is 1. The molecule has 16 heteroatoms. The minimum atomic E-state index is -1.54. The van der Waals surface area contributed by atoms with Crippen LogP contribution in [0.25, 0.3) is 0 Å². The number of rotatable bonds is 18. The molecule has 16 nitrogen and oxygen atoms in total. The molecule has 0 radical (unpaired) electrons. The molecule has 1 aliphatic heterocycles. The van der Waals surface area contributed by atoms with Crippen molar-refractivity contribution in [1.82, 2.24) is 26.2 Å². The second kappa shape index (κ2) is 18.2. The van der Waals surface area contributed by atoms with Gasteiger partial charge in [0, 0.05) is 44.3 Å². The average molecular weight is 672 g/mol. The molecule has 1 heterocycles. The molecule has 0 bridgehead atoms. The summed E-state index contributed by atoms with van der Waals surface area (Å²) in [5, 5.41) is 13.1. The largest absolute Gasteiger partial charge is 0.461 e. The quantitative estimate of drug-likeness (QED) is 0.0717. The molecule has 0 fully saturated rings. The second-order valence-electron chi connectivity index (χ2n) is 12.2. The van der Waals surface area contributed by atoms with Gasteiger partial charge in [0.25, 0.3) is 11.8 Å². The van der Waals surface area contributed by atoms with Crippen LogP contribution in [-0.2, 0) is 44.9 Å². The lowest BCUT2D eigenvalue weighted by atomic mass is 9.98. The first-order chi connectivity index (χ1) is 22.5. The number of nitrogens with two attached hydrogens (primary N) is 1. The molecule has 1 aromatic rings. The summed E-state index contributed by atoms with van der Waals surface area (Å²) in [6, 6.07) is 3.68. The van der Waals surface area contributed by atoms with Crippen LogP contribution in [-0.4, -0.2) is 83.1 Å². The predicted molar refractivity (Wildman–Crippen MR) is 173 cm³/mol. The average Bonchev–Trinajstić information content (AvgIpc) is 3.32. The highest BCUT2D eigenvalue weighted by Crippen LogP contribution is 2.14. The van der Waals surface area contributed by atoms with Crippen molar-refractivity contribution in [1.29, 1.82) is 0 Å². The van der Waals surface area contributed by atoms with Gasteiger partial charge in [-0.05, 0) is 56.7 Å². The topological polar surface area (TPSA) is 235 Å². The van der Waals surface area contributed by atoms with Crippen LogP contribution in [0, 0.1) is 5.92 Å². The number of esters is 1. The minimum absolute atomic E-state index is 0.0262. The van der Waals surface area contributed by atoms with Gasteiger partial charge in [-0.3, -0.25) is 38.5 Å². The Morgan fingerprint density at radius 3 is 2.10 bits per heavy atom. The smallest absolute Gasteiger partial charge is 0.312 e. The normalized spacial score (nSPS) is 13.8. The maximum Gasteiger partial charge on any atom is 0.312 e. The van der Waals surface area contributed by atoms with Gasteiger partial charge in [-0.25, -0.2) is 4.79 Å². The van der Waals surface area contributed by atoms with Gasteiger partial charge in [0.05, 0.1) is 0 Å². The van der Waals surface area contributed by atoms with Crippen molar-refractivity contribution < 1.29 is 43.1 Å². The number of nitrogens with zero attached hydrogens (tertiary/aromatic N) is 1. The number of amides is 8. The number of hydrogen-bond acceptors (Lipinski definition) is 9. The van der Waals surface area contributed by atoms with Crippen molar-refractivity contribution in [3.63, 3.8) is 0 Å². The third-order valence-electron chi connectivity index (χ3n) is 7.08. The summed E-state index contributed by atoms with van der Waals surface area (Å²) < 4.78 is 4.96. The molecule has 1 aromatic carbocycles. The Morgan fingerprint density at radius 1 is 0.917 bits per heavy atom. The van der Waals surface area contributed by atoms with Gasteiger partial charge in [0.15, 0.2) is 0 Å². The van der Waals surface area contributed by atoms with Crippen LogP contribution >= 0.6 is 0 Å². The van der Waals surface area contributed by atoms with Crippen LogP contribution < -0.4 is 32.3 Å². The lowest BCUT2D eigenvalue weighted by Gasteiger charge is -2.30. The van der Waals surface area contributed by atoms with E-state index in [4.69, 9.17) is 10.5 Å². The lowest BCUT2D eigenvalue weighted by Crippen LogP contribution is -2.61. The van der Waals surface area contributed by atoms with Crippen molar-refractivity contribution in [2.24, 2.45) is 11.7 Å². The van der Waals surface area contributed by atoms with E-state index in [0.29, 0.717) is 11.3 Å². The fraction of sp³-hybridized carbons (Fsp3) is 0.500. The van der Waals surface area contributed by atoms with E-state index in [2.05, 4.69) is 26.6 Å².